The molecule has 3 N–H and O–H groups in total. The van der Waals surface area contributed by atoms with Crippen molar-refractivity contribution in [2.75, 3.05) is 6.61 Å². The SMILES string of the molecule is O=C(N[C@@H](COP(=O)(O)O)Cc1ccccc1)c1cccc(Cl)c1. The number of carbonyl (C=O) groups excluding carboxylic acids is 1. The first-order valence-corrected chi connectivity index (χ1v) is 9.05. The van der Waals surface area contributed by atoms with E-state index in [1.54, 1.807) is 18.2 Å². The van der Waals surface area contributed by atoms with Crippen LogP contribution in [0.15, 0.2) is 54.6 Å². The Balaban J connectivity index is 2.09. The predicted molar refractivity (Wildman–Crippen MR) is 90.8 cm³/mol. The molecule has 2 rings (SSSR count). The first kappa shape index (κ1) is 18.6. The average Bonchev–Trinajstić information content (AvgIpc) is 2.53. The van der Waals surface area contributed by atoms with Crippen molar-refractivity contribution in [3.8, 4) is 0 Å². The summed E-state index contributed by atoms with van der Waals surface area (Å²) >= 11 is 5.87. The molecule has 0 radical (unpaired) electrons. The quantitative estimate of drug-likeness (QED) is 0.652. The van der Waals surface area contributed by atoms with Gasteiger partial charge in [-0.25, -0.2) is 4.57 Å². The summed E-state index contributed by atoms with van der Waals surface area (Å²) < 4.78 is 15.5. The second kappa shape index (κ2) is 8.42. The Bertz CT molecular complexity index is 734. The van der Waals surface area contributed by atoms with E-state index in [4.69, 9.17) is 21.4 Å². The van der Waals surface area contributed by atoms with Crippen molar-refractivity contribution in [2.24, 2.45) is 0 Å². The minimum Gasteiger partial charge on any atom is -0.347 e. The molecule has 1 atom stereocenters. The fourth-order valence-corrected chi connectivity index (χ4v) is 2.70. The van der Waals surface area contributed by atoms with Crippen LogP contribution < -0.4 is 5.32 Å². The molecule has 0 spiro atoms. The Morgan fingerprint density at radius 3 is 2.50 bits per heavy atom. The zero-order valence-electron chi connectivity index (χ0n) is 12.6. The van der Waals surface area contributed by atoms with E-state index in [0.29, 0.717) is 17.0 Å². The highest BCUT2D eigenvalue weighted by Gasteiger charge is 2.20. The van der Waals surface area contributed by atoms with Gasteiger partial charge in [0.25, 0.3) is 5.91 Å². The zero-order chi connectivity index (χ0) is 17.6. The molecule has 6 nitrogen and oxygen atoms in total. The summed E-state index contributed by atoms with van der Waals surface area (Å²) in [6, 6.07) is 15.1. The lowest BCUT2D eigenvalue weighted by Gasteiger charge is -2.19. The van der Waals surface area contributed by atoms with E-state index in [1.165, 1.54) is 6.07 Å². The zero-order valence-corrected chi connectivity index (χ0v) is 14.3. The lowest BCUT2D eigenvalue weighted by molar-refractivity contribution is 0.0909. The van der Waals surface area contributed by atoms with E-state index in [0.717, 1.165) is 5.56 Å². The topological polar surface area (TPSA) is 95.9 Å². The van der Waals surface area contributed by atoms with Gasteiger partial charge in [-0.1, -0.05) is 48.0 Å². The van der Waals surface area contributed by atoms with Crippen molar-refractivity contribution < 1.29 is 23.7 Å². The summed E-state index contributed by atoms with van der Waals surface area (Å²) in [5.74, 6) is -0.396. The maximum absolute atomic E-state index is 12.3. The van der Waals surface area contributed by atoms with Crippen LogP contribution in [-0.2, 0) is 15.5 Å². The van der Waals surface area contributed by atoms with Crippen LogP contribution in [0.3, 0.4) is 0 Å². The van der Waals surface area contributed by atoms with E-state index in [1.807, 2.05) is 30.3 Å². The monoisotopic (exact) mass is 369 g/mol. The van der Waals surface area contributed by atoms with Crippen molar-refractivity contribution in [3.05, 3.63) is 70.7 Å². The fourth-order valence-electron chi connectivity index (χ4n) is 2.14. The van der Waals surface area contributed by atoms with Crippen LogP contribution >= 0.6 is 19.4 Å². The molecule has 2 aromatic rings. The first-order valence-electron chi connectivity index (χ1n) is 7.14. The molecule has 2 aromatic carbocycles. The van der Waals surface area contributed by atoms with Crippen molar-refractivity contribution in [1.29, 1.82) is 0 Å². The molecule has 0 fully saturated rings. The van der Waals surface area contributed by atoms with Crippen LogP contribution in [0.2, 0.25) is 5.02 Å². The van der Waals surface area contributed by atoms with Crippen molar-refractivity contribution in [3.63, 3.8) is 0 Å². The maximum atomic E-state index is 12.3. The van der Waals surface area contributed by atoms with Crippen LogP contribution in [0.25, 0.3) is 0 Å². The summed E-state index contributed by atoms with van der Waals surface area (Å²) in [6.07, 6.45) is 0.368. The largest absolute Gasteiger partial charge is 0.469 e. The average molecular weight is 370 g/mol. The van der Waals surface area contributed by atoms with E-state index < -0.39 is 19.8 Å². The van der Waals surface area contributed by atoms with Gasteiger partial charge in [0.05, 0.1) is 12.6 Å². The number of nitrogens with one attached hydrogen (secondary N) is 1. The Hall–Kier alpha value is -1.69. The third kappa shape index (κ3) is 6.43. The number of rotatable bonds is 7. The number of phosphoric ester groups is 1. The minimum atomic E-state index is -4.62. The van der Waals surface area contributed by atoms with Crippen LogP contribution in [-0.4, -0.2) is 28.3 Å². The lowest BCUT2D eigenvalue weighted by atomic mass is 10.1. The van der Waals surface area contributed by atoms with Gasteiger partial charge in [-0.05, 0) is 30.2 Å². The molecule has 24 heavy (non-hydrogen) atoms. The van der Waals surface area contributed by atoms with Crippen molar-refractivity contribution in [1.82, 2.24) is 5.32 Å². The summed E-state index contributed by atoms with van der Waals surface area (Å²) in [7, 11) is -4.62. The highest BCUT2D eigenvalue weighted by Crippen LogP contribution is 2.35. The van der Waals surface area contributed by atoms with E-state index in [-0.39, 0.29) is 6.61 Å². The number of phosphoric acid groups is 1. The summed E-state index contributed by atoms with van der Waals surface area (Å²) in [4.78, 5) is 30.1. The highest BCUT2D eigenvalue weighted by molar-refractivity contribution is 7.46. The second-order valence-corrected chi connectivity index (χ2v) is 6.83. The van der Waals surface area contributed by atoms with Gasteiger partial charge in [0, 0.05) is 10.6 Å². The molecule has 0 unspecified atom stereocenters. The molecule has 128 valence electrons. The minimum absolute atomic E-state index is 0.314. The Morgan fingerprint density at radius 2 is 1.88 bits per heavy atom. The van der Waals surface area contributed by atoms with Crippen molar-refractivity contribution >= 4 is 25.3 Å². The number of hydrogen-bond acceptors (Lipinski definition) is 3. The van der Waals surface area contributed by atoms with Crippen molar-refractivity contribution in [2.45, 2.75) is 12.5 Å². The molecule has 8 heteroatoms. The van der Waals surface area contributed by atoms with E-state index >= 15 is 0 Å². The van der Waals surface area contributed by atoms with E-state index in [9.17, 15) is 9.36 Å². The molecule has 0 bridgehead atoms. The van der Waals surface area contributed by atoms with Gasteiger partial charge in [-0.3, -0.25) is 9.32 Å². The highest BCUT2D eigenvalue weighted by atomic mass is 35.5. The molecule has 0 aliphatic carbocycles. The molecule has 0 saturated heterocycles. The number of halogens is 1. The molecule has 0 aliphatic heterocycles. The standard InChI is InChI=1S/C16H17ClNO5P/c17-14-8-4-7-13(10-14)16(19)18-15(11-23-24(20,21)22)9-12-5-2-1-3-6-12/h1-8,10,15H,9,11H2,(H,18,19)(H2,20,21,22)/t15-/m1/s1. The summed E-state index contributed by atoms with van der Waals surface area (Å²) in [6.45, 7) is -0.314. The maximum Gasteiger partial charge on any atom is 0.469 e. The third-order valence-corrected chi connectivity index (χ3v) is 3.91. The molecule has 1 amide bonds. The second-order valence-electron chi connectivity index (χ2n) is 5.16. The van der Waals surface area contributed by atoms with Gasteiger partial charge < -0.3 is 15.1 Å². The Kier molecular flexibility index (Phi) is 6.54. The van der Waals surface area contributed by atoms with Gasteiger partial charge >= 0.3 is 7.82 Å². The van der Waals surface area contributed by atoms with Gasteiger partial charge in [-0.2, -0.15) is 0 Å². The molecular formula is C16H17ClNO5P. The van der Waals surface area contributed by atoms with Crippen LogP contribution in [0.4, 0.5) is 0 Å². The van der Waals surface area contributed by atoms with Crippen LogP contribution in [0, 0.1) is 0 Å². The van der Waals surface area contributed by atoms with Gasteiger partial charge in [-0.15, -0.1) is 0 Å². The normalized spacial score (nSPS) is 12.6. The number of hydrogen-bond donors (Lipinski definition) is 3. The Morgan fingerprint density at radius 1 is 1.17 bits per heavy atom. The summed E-state index contributed by atoms with van der Waals surface area (Å²) in [5.41, 5.74) is 1.26. The summed E-state index contributed by atoms with van der Waals surface area (Å²) in [5, 5.41) is 3.14. The Labute approximate surface area is 144 Å². The molecule has 0 aromatic heterocycles. The van der Waals surface area contributed by atoms with Crippen LogP contribution in [0.1, 0.15) is 15.9 Å². The molecule has 0 saturated carbocycles. The van der Waals surface area contributed by atoms with E-state index in [2.05, 4.69) is 9.84 Å². The molecular weight excluding hydrogens is 353 g/mol. The van der Waals surface area contributed by atoms with Gasteiger partial charge in [0.2, 0.25) is 0 Å². The lowest BCUT2D eigenvalue weighted by Crippen LogP contribution is -2.39. The molecule has 0 heterocycles. The molecule has 0 aliphatic rings. The predicted octanol–water partition coefficient (Wildman–Crippen LogP) is 2.79. The fraction of sp³-hybridized carbons (Fsp3) is 0.188. The first-order chi connectivity index (χ1) is 11.3. The number of carbonyl (C=O) groups is 1. The van der Waals surface area contributed by atoms with Gasteiger partial charge in [0.1, 0.15) is 0 Å². The number of amides is 1. The smallest absolute Gasteiger partial charge is 0.347 e. The third-order valence-electron chi connectivity index (χ3n) is 3.19. The van der Waals surface area contributed by atoms with Gasteiger partial charge in [0.15, 0.2) is 0 Å². The van der Waals surface area contributed by atoms with Crippen LogP contribution in [0.5, 0.6) is 0 Å². The number of benzene rings is 2.